The lowest BCUT2D eigenvalue weighted by atomic mass is 9.95. The molecule has 0 radical (unpaired) electrons. The van der Waals surface area contributed by atoms with Gasteiger partial charge in [0.1, 0.15) is 0 Å². The monoisotopic (exact) mass is 176 g/mol. The molecule has 70 valence electrons. The molecule has 0 saturated heterocycles. The summed E-state index contributed by atoms with van der Waals surface area (Å²) in [5.74, 6) is 0. The third kappa shape index (κ3) is 1.28. The van der Waals surface area contributed by atoms with Crippen molar-refractivity contribution >= 4 is 0 Å². The lowest BCUT2D eigenvalue weighted by Crippen LogP contribution is -2.16. The first-order valence-electron chi connectivity index (χ1n) is 4.84. The lowest BCUT2D eigenvalue weighted by Gasteiger charge is -2.18. The van der Waals surface area contributed by atoms with E-state index in [1.165, 1.54) is 16.7 Å². The maximum atomic E-state index is 10.1. The van der Waals surface area contributed by atoms with Gasteiger partial charge in [0, 0.05) is 0 Å². The molecule has 0 heterocycles. The molecule has 1 unspecified atom stereocenters. The first-order chi connectivity index (χ1) is 6.00. The molecule has 1 aromatic carbocycles. The third-order valence-electron chi connectivity index (χ3n) is 3.06. The molecule has 0 spiro atoms. The molecule has 1 aliphatic rings. The summed E-state index contributed by atoms with van der Waals surface area (Å²) < 4.78 is 0. The Morgan fingerprint density at radius 1 is 1.31 bits per heavy atom. The number of hydrogen-bond acceptors (Lipinski definition) is 1. The smallest absolute Gasteiger partial charge is 0.0874 e. The Morgan fingerprint density at radius 3 is 2.69 bits per heavy atom. The SMILES string of the molecule is Cc1cc(C)c2c(c1)C(C)(O)CC2. The largest absolute Gasteiger partial charge is 0.385 e. The van der Waals surface area contributed by atoms with E-state index in [-0.39, 0.29) is 0 Å². The van der Waals surface area contributed by atoms with Gasteiger partial charge in [-0.1, -0.05) is 17.7 Å². The maximum absolute atomic E-state index is 10.1. The van der Waals surface area contributed by atoms with Crippen molar-refractivity contribution in [2.45, 2.75) is 39.2 Å². The van der Waals surface area contributed by atoms with E-state index in [0.717, 1.165) is 18.4 Å². The maximum Gasteiger partial charge on any atom is 0.0874 e. The number of hydrogen-bond donors (Lipinski definition) is 1. The van der Waals surface area contributed by atoms with Gasteiger partial charge >= 0.3 is 0 Å². The molecule has 0 fully saturated rings. The summed E-state index contributed by atoms with van der Waals surface area (Å²) in [5.41, 5.74) is 4.48. The number of benzene rings is 1. The predicted octanol–water partition coefficient (Wildman–Crippen LogP) is 2.46. The van der Waals surface area contributed by atoms with Crippen LogP contribution in [0.5, 0.6) is 0 Å². The third-order valence-corrected chi connectivity index (χ3v) is 3.06. The van der Waals surface area contributed by atoms with Gasteiger partial charge in [-0.3, -0.25) is 0 Å². The summed E-state index contributed by atoms with van der Waals surface area (Å²) in [7, 11) is 0. The number of rotatable bonds is 0. The molecule has 0 aromatic heterocycles. The van der Waals surface area contributed by atoms with Crippen molar-refractivity contribution in [2.24, 2.45) is 0 Å². The fourth-order valence-corrected chi connectivity index (χ4v) is 2.31. The summed E-state index contributed by atoms with van der Waals surface area (Å²) in [6.45, 7) is 6.13. The van der Waals surface area contributed by atoms with Gasteiger partial charge in [0.2, 0.25) is 0 Å². The fraction of sp³-hybridized carbons (Fsp3) is 0.500. The van der Waals surface area contributed by atoms with Crippen LogP contribution in [0.2, 0.25) is 0 Å². The van der Waals surface area contributed by atoms with E-state index in [9.17, 15) is 5.11 Å². The summed E-state index contributed by atoms with van der Waals surface area (Å²) >= 11 is 0. The van der Waals surface area contributed by atoms with Gasteiger partial charge in [0.25, 0.3) is 0 Å². The fourth-order valence-electron chi connectivity index (χ4n) is 2.31. The van der Waals surface area contributed by atoms with Crippen LogP contribution in [0, 0.1) is 13.8 Å². The Balaban J connectivity index is 2.65. The van der Waals surface area contributed by atoms with Crippen LogP contribution in [-0.4, -0.2) is 5.11 Å². The Morgan fingerprint density at radius 2 is 2.00 bits per heavy atom. The molecule has 1 aromatic rings. The van der Waals surface area contributed by atoms with E-state index < -0.39 is 5.60 Å². The van der Waals surface area contributed by atoms with Crippen LogP contribution < -0.4 is 0 Å². The van der Waals surface area contributed by atoms with Gasteiger partial charge in [0.05, 0.1) is 5.60 Å². The molecule has 0 amide bonds. The molecular weight excluding hydrogens is 160 g/mol. The Labute approximate surface area is 79.4 Å². The number of aryl methyl sites for hydroxylation is 2. The van der Waals surface area contributed by atoms with Gasteiger partial charge < -0.3 is 5.11 Å². The minimum Gasteiger partial charge on any atom is -0.385 e. The second-order valence-electron chi connectivity index (χ2n) is 4.38. The second-order valence-corrected chi connectivity index (χ2v) is 4.38. The highest BCUT2D eigenvalue weighted by Crippen LogP contribution is 2.38. The Kier molecular flexibility index (Phi) is 1.74. The zero-order valence-corrected chi connectivity index (χ0v) is 8.52. The normalized spacial score (nSPS) is 26.2. The van der Waals surface area contributed by atoms with Crippen molar-refractivity contribution in [1.82, 2.24) is 0 Å². The summed E-state index contributed by atoms with van der Waals surface area (Å²) in [6, 6.07) is 4.32. The van der Waals surface area contributed by atoms with E-state index in [1.807, 2.05) is 6.92 Å². The van der Waals surface area contributed by atoms with Crippen LogP contribution in [0.1, 0.15) is 35.6 Å². The minimum atomic E-state index is -0.591. The van der Waals surface area contributed by atoms with Crippen molar-refractivity contribution in [1.29, 1.82) is 0 Å². The second kappa shape index (κ2) is 2.58. The predicted molar refractivity (Wildman–Crippen MR) is 53.8 cm³/mol. The zero-order chi connectivity index (χ0) is 9.64. The molecule has 13 heavy (non-hydrogen) atoms. The van der Waals surface area contributed by atoms with E-state index in [2.05, 4.69) is 26.0 Å². The van der Waals surface area contributed by atoms with Crippen LogP contribution >= 0.6 is 0 Å². The molecule has 2 rings (SSSR count). The number of fused-ring (bicyclic) bond motifs is 1. The average Bonchev–Trinajstić information content (AvgIpc) is 2.28. The van der Waals surface area contributed by atoms with Crippen LogP contribution in [-0.2, 0) is 12.0 Å². The molecule has 1 heteroatoms. The van der Waals surface area contributed by atoms with Crippen molar-refractivity contribution in [3.8, 4) is 0 Å². The summed E-state index contributed by atoms with van der Waals surface area (Å²) in [4.78, 5) is 0. The molecule has 0 bridgehead atoms. The molecule has 1 atom stereocenters. The van der Waals surface area contributed by atoms with Crippen LogP contribution in [0.3, 0.4) is 0 Å². The van der Waals surface area contributed by atoms with Gasteiger partial charge in [-0.05, 0) is 50.3 Å². The summed E-state index contributed by atoms with van der Waals surface area (Å²) in [6.07, 6.45) is 1.89. The molecule has 1 nitrogen and oxygen atoms in total. The van der Waals surface area contributed by atoms with Crippen LogP contribution in [0.25, 0.3) is 0 Å². The van der Waals surface area contributed by atoms with E-state index in [0.29, 0.717) is 0 Å². The van der Waals surface area contributed by atoms with Crippen molar-refractivity contribution in [2.75, 3.05) is 0 Å². The lowest BCUT2D eigenvalue weighted by molar-refractivity contribution is 0.0594. The van der Waals surface area contributed by atoms with Gasteiger partial charge in [-0.25, -0.2) is 0 Å². The molecule has 0 aliphatic heterocycles. The van der Waals surface area contributed by atoms with Gasteiger partial charge in [-0.2, -0.15) is 0 Å². The van der Waals surface area contributed by atoms with Crippen LogP contribution in [0.4, 0.5) is 0 Å². The van der Waals surface area contributed by atoms with Crippen LogP contribution in [0.15, 0.2) is 12.1 Å². The van der Waals surface area contributed by atoms with E-state index in [4.69, 9.17) is 0 Å². The highest BCUT2D eigenvalue weighted by Gasteiger charge is 2.32. The van der Waals surface area contributed by atoms with Gasteiger partial charge in [-0.15, -0.1) is 0 Å². The highest BCUT2D eigenvalue weighted by molar-refractivity contribution is 5.44. The number of aliphatic hydroxyl groups is 1. The zero-order valence-electron chi connectivity index (χ0n) is 8.52. The van der Waals surface area contributed by atoms with E-state index in [1.54, 1.807) is 0 Å². The molecular formula is C12H16O. The minimum absolute atomic E-state index is 0.591. The first-order valence-corrected chi connectivity index (χ1v) is 4.84. The van der Waals surface area contributed by atoms with Crippen molar-refractivity contribution in [3.63, 3.8) is 0 Å². The topological polar surface area (TPSA) is 20.2 Å². The first kappa shape index (κ1) is 8.76. The summed E-state index contributed by atoms with van der Waals surface area (Å²) in [5, 5.41) is 10.1. The Hall–Kier alpha value is -0.820. The standard InChI is InChI=1S/C12H16O/c1-8-6-9(2)10-4-5-12(3,13)11(10)7-8/h6-7,13H,4-5H2,1-3H3. The molecule has 1 N–H and O–H groups in total. The highest BCUT2D eigenvalue weighted by atomic mass is 16.3. The van der Waals surface area contributed by atoms with Gasteiger partial charge in [0.15, 0.2) is 0 Å². The van der Waals surface area contributed by atoms with Crippen molar-refractivity contribution < 1.29 is 5.11 Å². The molecule has 1 aliphatic carbocycles. The van der Waals surface area contributed by atoms with E-state index >= 15 is 0 Å². The molecule has 0 saturated carbocycles. The quantitative estimate of drug-likeness (QED) is 0.643. The Bertz CT molecular complexity index is 350. The average molecular weight is 176 g/mol. The van der Waals surface area contributed by atoms with Crippen molar-refractivity contribution in [3.05, 3.63) is 34.4 Å².